The van der Waals surface area contributed by atoms with Crippen molar-refractivity contribution in [3.05, 3.63) is 232 Å². The second-order valence-corrected chi connectivity index (χ2v) is 28.5. The normalized spacial score (nSPS) is 17.8. The van der Waals surface area contributed by atoms with Crippen molar-refractivity contribution in [2.75, 3.05) is 111 Å². The summed E-state index contributed by atoms with van der Waals surface area (Å²) in [4.78, 5) is 82.1. The molecule has 0 saturated carbocycles. The van der Waals surface area contributed by atoms with Gasteiger partial charge in [0, 0.05) is 115 Å². The van der Waals surface area contributed by atoms with Gasteiger partial charge in [0.15, 0.2) is 0 Å². The summed E-state index contributed by atoms with van der Waals surface area (Å²) in [5, 5.41) is 10.4. The van der Waals surface area contributed by atoms with Crippen LogP contribution in [0.5, 0.6) is 0 Å². The maximum atomic E-state index is 14.3. The Morgan fingerprint density at radius 1 is 0.600 bits per heavy atom. The average Bonchev–Trinajstić information content (AvgIpc) is 1.60. The number of likely N-dealkylation sites (N-methyl/N-ethyl adjacent to an activating group) is 2. The summed E-state index contributed by atoms with van der Waals surface area (Å²) in [5.74, 6) is -1.82. The summed E-state index contributed by atoms with van der Waals surface area (Å²) < 4.78 is 110. The van der Waals surface area contributed by atoms with Gasteiger partial charge >= 0.3 is 18.4 Å². The molecule has 2 atom stereocenters. The second-order valence-electron chi connectivity index (χ2n) is 28.5. The van der Waals surface area contributed by atoms with E-state index in [0.717, 1.165) is 84.7 Å². The third-order valence-corrected chi connectivity index (χ3v) is 21.5. The van der Waals surface area contributed by atoms with Crippen molar-refractivity contribution in [3.63, 3.8) is 0 Å². The zero-order valence-electron chi connectivity index (χ0n) is 59.8. The molecule has 0 unspecified atom stereocenters. The SMILES string of the molecule is CN(CCN1CCC(N(C(=O)O)c2ccccc2-c2ccccc2)CC1)C(=O)CCCCCN(Cc1ccccc1)Cc1ccc(C(=O)N(C)CCCN(C)C(=O)CO[C@H]2Cc3ccccc3C23CCN(CC[C@]2(c4ccc(F)cc4)CN(C(=O)c4cc(C(F)(F)F)cc(C(F)(F)F)c4)CO2)CC3)cc1. The van der Waals surface area contributed by atoms with Crippen LogP contribution in [0.2, 0.25) is 0 Å². The number of carbonyl (C=O) groups excluding carboxylic acids is 4. The quantitative estimate of drug-likeness (QED) is 0.0353. The number of halogens is 7. The first kappa shape index (κ1) is 77.1. The summed E-state index contributed by atoms with van der Waals surface area (Å²) in [6.07, 6.45) is -4.42. The van der Waals surface area contributed by atoms with E-state index in [-0.39, 0.29) is 55.5 Å². The van der Waals surface area contributed by atoms with Crippen LogP contribution in [0.3, 0.4) is 0 Å². The third kappa shape index (κ3) is 19.4. The zero-order chi connectivity index (χ0) is 74.5. The number of anilines is 1. The number of hydrogen-bond acceptors (Lipinski definition) is 10. The van der Waals surface area contributed by atoms with Crippen molar-refractivity contribution in [3.8, 4) is 11.1 Å². The van der Waals surface area contributed by atoms with Crippen molar-refractivity contribution in [2.24, 2.45) is 0 Å². The molecule has 1 aliphatic carbocycles. The molecule has 3 aliphatic heterocycles. The van der Waals surface area contributed by atoms with E-state index in [1.807, 2.05) is 121 Å². The van der Waals surface area contributed by atoms with E-state index in [1.54, 1.807) is 23.9 Å². The minimum atomic E-state index is -5.15. The van der Waals surface area contributed by atoms with E-state index in [9.17, 15) is 59.8 Å². The molecule has 16 nitrogen and oxygen atoms in total. The highest BCUT2D eigenvalue weighted by Crippen LogP contribution is 2.49. The molecule has 3 heterocycles. The van der Waals surface area contributed by atoms with Crippen LogP contribution in [0.15, 0.2) is 176 Å². The van der Waals surface area contributed by atoms with Crippen LogP contribution < -0.4 is 4.90 Å². The van der Waals surface area contributed by atoms with Crippen LogP contribution in [-0.2, 0) is 61.9 Å². The molecule has 1 N–H and O–H groups in total. The van der Waals surface area contributed by atoms with E-state index in [2.05, 4.69) is 39.0 Å². The van der Waals surface area contributed by atoms with Gasteiger partial charge in [-0.2, -0.15) is 26.3 Å². The number of amides is 5. The molecule has 0 radical (unpaired) electrons. The highest BCUT2D eigenvalue weighted by Gasteiger charge is 2.50. The molecule has 5 amide bonds. The number of rotatable bonds is 29. The van der Waals surface area contributed by atoms with Gasteiger partial charge in [-0.05, 0) is 159 Å². The first-order chi connectivity index (χ1) is 50.4. The number of nitrogens with zero attached hydrogens (tertiary/aromatic N) is 8. The fourth-order valence-corrected chi connectivity index (χ4v) is 15.4. The first-order valence-electron chi connectivity index (χ1n) is 36.2. The Labute approximate surface area is 609 Å². The third-order valence-electron chi connectivity index (χ3n) is 21.5. The van der Waals surface area contributed by atoms with Crippen LogP contribution in [-0.4, -0.2) is 188 Å². The summed E-state index contributed by atoms with van der Waals surface area (Å²) in [6.45, 7) is 6.66. The molecule has 0 bridgehead atoms. The van der Waals surface area contributed by atoms with Gasteiger partial charge in [-0.1, -0.05) is 134 Å². The van der Waals surface area contributed by atoms with Crippen molar-refractivity contribution in [1.82, 2.24) is 34.3 Å². The minimum absolute atomic E-state index is 0.0273. The number of para-hydroxylation sites is 1. The average molecular weight is 1450 g/mol. The Morgan fingerprint density at radius 2 is 1.20 bits per heavy atom. The molecular formula is C82H93F7N8O8. The van der Waals surface area contributed by atoms with Crippen molar-refractivity contribution in [2.45, 2.75) is 119 Å². The molecule has 11 rings (SSSR count). The van der Waals surface area contributed by atoms with Crippen LogP contribution >= 0.6 is 0 Å². The Kier molecular flexibility index (Phi) is 25.3. The van der Waals surface area contributed by atoms with Crippen LogP contribution in [0.1, 0.15) is 124 Å². The van der Waals surface area contributed by atoms with E-state index in [1.165, 1.54) is 34.7 Å². The molecule has 4 aliphatic rings. The van der Waals surface area contributed by atoms with Gasteiger partial charge in [0.25, 0.3) is 11.8 Å². The van der Waals surface area contributed by atoms with Gasteiger partial charge in [0.2, 0.25) is 11.8 Å². The Bertz CT molecular complexity index is 4050. The van der Waals surface area contributed by atoms with E-state index in [0.29, 0.717) is 120 Å². The molecule has 7 aromatic carbocycles. The van der Waals surface area contributed by atoms with Gasteiger partial charge in [0.1, 0.15) is 24.8 Å². The number of piperidine rings is 2. The van der Waals surface area contributed by atoms with Crippen LogP contribution in [0, 0.1) is 5.82 Å². The predicted octanol–water partition coefficient (Wildman–Crippen LogP) is 14.5. The number of alkyl halides is 6. The topological polar surface area (TPSA) is 150 Å². The highest BCUT2D eigenvalue weighted by molar-refractivity contribution is 5.96. The van der Waals surface area contributed by atoms with Gasteiger partial charge in [-0.25, -0.2) is 9.18 Å². The highest BCUT2D eigenvalue weighted by atomic mass is 19.4. The number of carboxylic acid groups (broad SMARTS) is 1. The lowest BCUT2D eigenvalue weighted by Crippen LogP contribution is -2.50. The fraction of sp³-hybridized carbons (Fsp3) is 0.427. The summed E-state index contributed by atoms with van der Waals surface area (Å²) in [7, 11) is 5.34. The van der Waals surface area contributed by atoms with Crippen molar-refractivity contribution in [1.29, 1.82) is 0 Å². The number of fused-ring (bicyclic) bond motifs is 2. The second kappa shape index (κ2) is 34.5. The summed E-state index contributed by atoms with van der Waals surface area (Å²) >= 11 is 0. The smallest absolute Gasteiger partial charge is 0.416 e. The number of ether oxygens (including phenoxy) is 2. The standard InChI is InChI=1S/C82H93F7N8O8/c1-90(75(99)56-104-73-52-63-22-12-14-24-71(63)79(73)37-45-94(46-38-79)47-39-80(65-31-33-68(83)34-32-65)57-96(58-105-80)77(101)64-50-66(81(84,85)86)53-67(51-64)82(87,88)89)40-17-41-92(3)76(100)62-29-27-60(28-30-62)55-95(54-59-18-7-4-8-19-59)42-16-6-11-26-74(98)91(2)48-49-93-43-35-69(36-44-93)97(78(102)103)72-25-15-13-23-70(72)61-20-9-5-10-21-61/h4-5,7-10,12-15,18-25,27-34,50-51,53,69,73H,6,11,16-17,26,35-49,52,54-58H2,1-3H3,(H,102,103)/t73-,80+/m0/s1. The van der Waals surface area contributed by atoms with E-state index < -0.39 is 64.6 Å². The van der Waals surface area contributed by atoms with E-state index >= 15 is 0 Å². The maximum absolute atomic E-state index is 14.3. The monoisotopic (exact) mass is 1450 g/mol. The van der Waals surface area contributed by atoms with Gasteiger partial charge in [-0.15, -0.1) is 0 Å². The largest absolute Gasteiger partial charge is 0.465 e. The Balaban J connectivity index is 0.604. The molecule has 0 aromatic heterocycles. The minimum Gasteiger partial charge on any atom is -0.465 e. The number of unbranched alkanes of at least 4 members (excludes halogenated alkanes) is 2. The lowest BCUT2D eigenvalue weighted by atomic mass is 9.72. The van der Waals surface area contributed by atoms with Crippen molar-refractivity contribution >= 4 is 35.4 Å². The molecule has 3 fully saturated rings. The number of benzene rings is 7. The summed E-state index contributed by atoms with van der Waals surface area (Å²) in [5.41, 5.74) is 2.46. The first-order valence-corrected chi connectivity index (χ1v) is 36.2. The lowest BCUT2D eigenvalue weighted by Gasteiger charge is -2.44. The molecular weight excluding hydrogens is 1360 g/mol. The van der Waals surface area contributed by atoms with Crippen LogP contribution in [0.4, 0.5) is 41.2 Å². The zero-order valence-corrected chi connectivity index (χ0v) is 59.8. The van der Waals surface area contributed by atoms with Gasteiger partial charge in [0.05, 0.1) is 29.5 Å². The molecule has 23 heteroatoms. The van der Waals surface area contributed by atoms with Crippen molar-refractivity contribution < 1.29 is 69.3 Å². The number of hydrogen-bond donors (Lipinski definition) is 1. The predicted molar refractivity (Wildman–Crippen MR) is 388 cm³/mol. The molecule has 7 aromatic rings. The Morgan fingerprint density at radius 3 is 1.87 bits per heavy atom. The maximum Gasteiger partial charge on any atom is 0.416 e. The number of carbonyl (C=O) groups is 5. The Hall–Kier alpha value is -9.00. The van der Waals surface area contributed by atoms with Gasteiger partial charge < -0.3 is 44.0 Å². The molecule has 1 spiro atoms. The molecule has 558 valence electrons. The molecule has 3 saturated heterocycles. The van der Waals surface area contributed by atoms with Crippen LogP contribution in [0.25, 0.3) is 11.1 Å². The lowest BCUT2D eigenvalue weighted by molar-refractivity contribution is -0.143. The fourth-order valence-electron chi connectivity index (χ4n) is 15.4. The number of likely N-dealkylation sites (tertiary alicyclic amines) is 2. The summed E-state index contributed by atoms with van der Waals surface area (Å²) in [6, 6.07) is 49.8. The van der Waals surface area contributed by atoms with E-state index in [4.69, 9.17) is 9.47 Å². The molecule has 105 heavy (non-hydrogen) atoms. The van der Waals surface area contributed by atoms with Gasteiger partial charge in [-0.3, -0.25) is 29.0 Å².